The van der Waals surface area contributed by atoms with Crippen molar-refractivity contribution in [3.8, 4) is 22.4 Å². The van der Waals surface area contributed by atoms with Gasteiger partial charge in [-0.15, -0.1) is 0 Å². The lowest BCUT2D eigenvalue weighted by atomic mass is 9.92. The van der Waals surface area contributed by atoms with E-state index in [1.165, 1.54) is 22.4 Å². The molecule has 1 N–H and O–H groups in total. The van der Waals surface area contributed by atoms with Gasteiger partial charge in [-0.2, -0.15) is 5.10 Å². The summed E-state index contributed by atoms with van der Waals surface area (Å²) >= 11 is 0. The molecule has 0 radical (unpaired) electrons. The zero-order valence-corrected chi connectivity index (χ0v) is 17.0. The minimum atomic E-state index is 0.550. The monoisotopic (exact) mass is 394 g/mol. The summed E-state index contributed by atoms with van der Waals surface area (Å²) in [6.07, 6.45) is 5.95. The van der Waals surface area contributed by atoms with E-state index in [4.69, 9.17) is 0 Å². The number of piperidine rings is 1. The average Bonchev–Trinajstić information content (AvgIpc) is 3.32. The molecule has 1 fully saturated rings. The Hall–Kier alpha value is -3.24. The van der Waals surface area contributed by atoms with E-state index in [9.17, 15) is 0 Å². The Bertz CT molecular complexity index is 1080. The molecule has 0 bridgehead atoms. The molecule has 1 aliphatic heterocycles. The fourth-order valence-electron chi connectivity index (χ4n) is 4.42. The summed E-state index contributed by atoms with van der Waals surface area (Å²) in [6, 6.07) is 25.7. The number of nitrogens with zero attached hydrogens (tertiary/aromatic N) is 3. The van der Waals surface area contributed by atoms with Gasteiger partial charge in [0.25, 0.3) is 0 Å². The molecule has 0 spiro atoms. The van der Waals surface area contributed by atoms with Gasteiger partial charge in [-0.1, -0.05) is 54.6 Å². The number of benzene rings is 2. The Morgan fingerprint density at radius 1 is 0.833 bits per heavy atom. The zero-order chi connectivity index (χ0) is 20.2. The maximum atomic E-state index is 4.53. The van der Waals surface area contributed by atoms with Gasteiger partial charge in [0.05, 0.1) is 5.69 Å². The summed E-state index contributed by atoms with van der Waals surface area (Å²) in [6.45, 7) is 3.22. The number of hydrogen-bond acceptors (Lipinski definition) is 3. The number of likely N-dealkylation sites (tertiary alicyclic amines) is 1. The van der Waals surface area contributed by atoms with Crippen molar-refractivity contribution < 1.29 is 0 Å². The number of aromatic amines is 1. The van der Waals surface area contributed by atoms with Gasteiger partial charge >= 0.3 is 0 Å². The first-order valence-electron chi connectivity index (χ1n) is 10.7. The third-order valence-corrected chi connectivity index (χ3v) is 6.10. The van der Waals surface area contributed by atoms with E-state index in [-0.39, 0.29) is 0 Å². The molecule has 0 aliphatic carbocycles. The smallest absolute Gasteiger partial charge is 0.0924 e. The van der Waals surface area contributed by atoms with Crippen LogP contribution in [0.2, 0.25) is 0 Å². The van der Waals surface area contributed by atoms with Gasteiger partial charge in [0.1, 0.15) is 0 Å². The lowest BCUT2D eigenvalue weighted by molar-refractivity contribution is 0.203. The van der Waals surface area contributed by atoms with Crippen molar-refractivity contribution in [3.63, 3.8) is 0 Å². The molecular formula is C26H26N4. The Morgan fingerprint density at radius 3 is 2.37 bits per heavy atom. The number of pyridine rings is 1. The Kier molecular flexibility index (Phi) is 5.40. The molecular weight excluding hydrogens is 368 g/mol. The number of aromatic nitrogens is 3. The van der Waals surface area contributed by atoms with E-state index in [1.807, 2.05) is 24.5 Å². The van der Waals surface area contributed by atoms with Crippen LogP contribution in [0.25, 0.3) is 22.4 Å². The van der Waals surface area contributed by atoms with Crippen molar-refractivity contribution >= 4 is 0 Å². The predicted octanol–water partition coefficient (Wildman–Crippen LogP) is 5.52. The van der Waals surface area contributed by atoms with Crippen LogP contribution < -0.4 is 0 Å². The molecule has 150 valence electrons. The number of rotatable bonds is 5. The third kappa shape index (κ3) is 4.05. The first-order chi connectivity index (χ1) is 14.9. The maximum absolute atomic E-state index is 4.53. The molecule has 0 saturated carbocycles. The standard InChI is InChI=1S/C26H26N4/c1-2-6-20(7-3-1)24-9-5-4-8-23(24)19-30-16-12-22(13-17-30)26-18-25(28-29-26)21-10-14-27-15-11-21/h1-11,14-15,18,22H,12-13,16-17,19H2,(H,28,29). The lowest BCUT2D eigenvalue weighted by Crippen LogP contribution is -2.32. The lowest BCUT2D eigenvalue weighted by Gasteiger charge is -2.32. The van der Waals surface area contributed by atoms with Crippen molar-refractivity contribution in [2.24, 2.45) is 0 Å². The molecule has 4 heteroatoms. The van der Waals surface area contributed by atoms with Gasteiger partial charge in [0, 0.05) is 36.1 Å². The SMILES string of the molecule is c1ccc(-c2ccccc2CN2CCC(c3cc(-c4ccncc4)n[nH]3)CC2)cc1. The maximum Gasteiger partial charge on any atom is 0.0924 e. The van der Waals surface area contributed by atoms with E-state index >= 15 is 0 Å². The fourth-order valence-corrected chi connectivity index (χ4v) is 4.42. The highest BCUT2D eigenvalue weighted by Crippen LogP contribution is 2.31. The summed E-state index contributed by atoms with van der Waals surface area (Å²) in [7, 11) is 0. The number of hydrogen-bond donors (Lipinski definition) is 1. The molecule has 30 heavy (non-hydrogen) atoms. The molecule has 0 amide bonds. The highest BCUT2D eigenvalue weighted by Gasteiger charge is 2.23. The predicted molar refractivity (Wildman–Crippen MR) is 121 cm³/mol. The van der Waals surface area contributed by atoms with Crippen molar-refractivity contribution in [1.82, 2.24) is 20.1 Å². The van der Waals surface area contributed by atoms with Crippen LogP contribution in [0.1, 0.15) is 30.0 Å². The minimum Gasteiger partial charge on any atom is -0.299 e. The molecule has 0 unspecified atom stereocenters. The topological polar surface area (TPSA) is 44.8 Å². The van der Waals surface area contributed by atoms with Crippen molar-refractivity contribution in [2.75, 3.05) is 13.1 Å². The molecule has 2 aromatic heterocycles. The zero-order valence-electron chi connectivity index (χ0n) is 17.0. The van der Waals surface area contributed by atoms with Crippen molar-refractivity contribution in [1.29, 1.82) is 0 Å². The molecule has 4 nitrogen and oxygen atoms in total. The van der Waals surface area contributed by atoms with E-state index in [1.54, 1.807) is 0 Å². The second-order valence-corrected chi connectivity index (χ2v) is 8.02. The van der Waals surface area contributed by atoms with Crippen LogP contribution in [0, 0.1) is 0 Å². The van der Waals surface area contributed by atoms with E-state index in [2.05, 4.69) is 80.7 Å². The molecule has 4 aromatic rings. The van der Waals surface area contributed by atoms with Crippen LogP contribution in [0.15, 0.2) is 85.2 Å². The molecule has 5 rings (SSSR count). The summed E-state index contributed by atoms with van der Waals surface area (Å²) < 4.78 is 0. The van der Waals surface area contributed by atoms with Gasteiger partial charge < -0.3 is 0 Å². The summed E-state index contributed by atoms with van der Waals surface area (Å²) in [5, 5.41) is 7.81. The van der Waals surface area contributed by atoms with Crippen molar-refractivity contribution in [3.05, 3.63) is 96.4 Å². The summed E-state index contributed by atoms with van der Waals surface area (Å²) in [4.78, 5) is 6.67. The Balaban J connectivity index is 1.24. The van der Waals surface area contributed by atoms with E-state index < -0.39 is 0 Å². The highest BCUT2D eigenvalue weighted by atomic mass is 15.1. The van der Waals surface area contributed by atoms with Gasteiger partial charge in [-0.05, 0) is 60.8 Å². The molecule has 2 aromatic carbocycles. The largest absolute Gasteiger partial charge is 0.299 e. The molecule has 0 atom stereocenters. The molecule has 1 aliphatic rings. The van der Waals surface area contributed by atoms with Gasteiger partial charge in [-0.3, -0.25) is 15.0 Å². The molecule has 3 heterocycles. The van der Waals surface area contributed by atoms with E-state index in [0.717, 1.165) is 43.7 Å². The minimum absolute atomic E-state index is 0.550. The first-order valence-corrected chi connectivity index (χ1v) is 10.7. The highest BCUT2D eigenvalue weighted by molar-refractivity contribution is 5.67. The molecule has 1 saturated heterocycles. The summed E-state index contributed by atoms with van der Waals surface area (Å²) in [5.74, 6) is 0.550. The summed E-state index contributed by atoms with van der Waals surface area (Å²) in [5.41, 5.74) is 7.42. The van der Waals surface area contributed by atoms with Crippen LogP contribution in [-0.4, -0.2) is 33.2 Å². The number of nitrogens with one attached hydrogen (secondary N) is 1. The van der Waals surface area contributed by atoms with Gasteiger partial charge in [-0.25, -0.2) is 0 Å². The van der Waals surface area contributed by atoms with E-state index in [0.29, 0.717) is 5.92 Å². The van der Waals surface area contributed by atoms with Gasteiger partial charge in [0.15, 0.2) is 0 Å². The van der Waals surface area contributed by atoms with Crippen molar-refractivity contribution in [2.45, 2.75) is 25.3 Å². The van der Waals surface area contributed by atoms with Crippen LogP contribution >= 0.6 is 0 Å². The quantitative estimate of drug-likeness (QED) is 0.485. The average molecular weight is 395 g/mol. The Labute approximate surface area is 177 Å². The van der Waals surface area contributed by atoms with Crippen LogP contribution in [0.4, 0.5) is 0 Å². The van der Waals surface area contributed by atoms with Crippen LogP contribution in [0.3, 0.4) is 0 Å². The van der Waals surface area contributed by atoms with Crippen LogP contribution in [0.5, 0.6) is 0 Å². The number of H-pyrrole nitrogens is 1. The normalized spacial score (nSPS) is 15.3. The Morgan fingerprint density at radius 2 is 1.57 bits per heavy atom. The fraction of sp³-hybridized carbons (Fsp3) is 0.231. The second kappa shape index (κ2) is 8.64. The second-order valence-electron chi connectivity index (χ2n) is 8.02. The first kappa shape index (κ1) is 18.8. The van der Waals surface area contributed by atoms with Gasteiger partial charge in [0.2, 0.25) is 0 Å². The van der Waals surface area contributed by atoms with Crippen LogP contribution in [-0.2, 0) is 6.54 Å². The third-order valence-electron chi connectivity index (χ3n) is 6.10.